The van der Waals surface area contributed by atoms with Crippen LogP contribution in [0.2, 0.25) is 19.6 Å². The normalized spacial score (nSPS) is 11.6. The van der Waals surface area contributed by atoms with E-state index in [1.165, 1.54) is 0 Å². The third kappa shape index (κ3) is 6.69. The van der Waals surface area contributed by atoms with Crippen LogP contribution in [-0.2, 0) is 17.4 Å². The summed E-state index contributed by atoms with van der Waals surface area (Å²) in [7, 11) is 0.163. The van der Waals surface area contributed by atoms with E-state index in [0.29, 0.717) is 0 Å². The zero-order valence-electron chi connectivity index (χ0n) is 8.63. The second-order valence-electron chi connectivity index (χ2n) is 3.33. The predicted molar refractivity (Wildman–Crippen MR) is 64.7 cm³/mol. The van der Waals surface area contributed by atoms with Gasteiger partial charge in [-0.05, 0) is 19.6 Å². The summed E-state index contributed by atoms with van der Waals surface area (Å²) in [4.78, 5) is 0. The molecule has 0 radical (unpaired) electrons. The van der Waals surface area contributed by atoms with Crippen LogP contribution in [-0.4, -0.2) is 38.7 Å². The van der Waals surface area contributed by atoms with Crippen molar-refractivity contribution >= 4 is 17.4 Å². The lowest BCUT2D eigenvalue weighted by molar-refractivity contribution is 0.0485. The van der Waals surface area contributed by atoms with Gasteiger partial charge in [-0.1, -0.05) is 14.9 Å². The molecular weight excluding hydrogens is 216 g/mol. The van der Waals surface area contributed by atoms with Crippen molar-refractivity contribution in [3.8, 4) is 0 Å². The molecule has 0 N–H and O–H groups in total. The van der Waals surface area contributed by atoms with E-state index in [1.54, 1.807) is 21.3 Å². The van der Waals surface area contributed by atoms with Crippen molar-refractivity contribution < 1.29 is 17.4 Å². The summed E-state index contributed by atoms with van der Waals surface area (Å²) in [6, 6.07) is 0. The van der Waals surface area contributed by atoms with Gasteiger partial charge in [0.25, 0.3) is 0 Å². The van der Waals surface area contributed by atoms with Gasteiger partial charge in [0.05, 0.1) is 0 Å². The van der Waals surface area contributed by atoms with E-state index in [1.807, 2.05) is 0 Å². The van der Waals surface area contributed by atoms with Crippen LogP contribution in [0.25, 0.3) is 0 Å². The molecule has 4 nitrogen and oxygen atoms in total. The summed E-state index contributed by atoms with van der Waals surface area (Å²) >= 11 is 0. The smallest absolute Gasteiger partial charge is 0.394 e. The SMILES string of the molecule is C.C.CO[Si](OC)(OC)O[Si](C)(C)C. The van der Waals surface area contributed by atoms with E-state index in [2.05, 4.69) is 19.6 Å². The molecule has 0 aromatic carbocycles. The molecule has 0 aromatic rings. The van der Waals surface area contributed by atoms with E-state index < -0.39 is 17.4 Å². The van der Waals surface area contributed by atoms with E-state index in [4.69, 9.17) is 17.4 Å². The lowest BCUT2D eigenvalue weighted by Crippen LogP contribution is -2.52. The fourth-order valence-corrected chi connectivity index (χ4v) is 5.25. The zero-order chi connectivity index (χ0) is 9.83. The molecule has 0 heterocycles. The highest BCUT2D eigenvalue weighted by Crippen LogP contribution is 2.15. The fourth-order valence-electron chi connectivity index (χ4n) is 0.750. The van der Waals surface area contributed by atoms with Gasteiger partial charge in [0, 0.05) is 21.3 Å². The van der Waals surface area contributed by atoms with Gasteiger partial charge in [-0.2, -0.15) is 0 Å². The Balaban J connectivity index is -0.000000605. The number of hydrogen-bond donors (Lipinski definition) is 0. The van der Waals surface area contributed by atoms with Crippen LogP contribution in [0.3, 0.4) is 0 Å². The summed E-state index contributed by atoms with van der Waals surface area (Å²) in [6.45, 7) is 6.18. The van der Waals surface area contributed by atoms with Crippen LogP contribution in [0.15, 0.2) is 0 Å². The van der Waals surface area contributed by atoms with E-state index >= 15 is 0 Å². The topological polar surface area (TPSA) is 36.9 Å². The molecule has 14 heavy (non-hydrogen) atoms. The summed E-state index contributed by atoms with van der Waals surface area (Å²) in [5.41, 5.74) is 0. The molecular formula is C8H26O4Si2. The first-order valence-corrected chi connectivity index (χ1v) is 8.79. The average molecular weight is 242 g/mol. The molecule has 0 fully saturated rings. The van der Waals surface area contributed by atoms with Crippen molar-refractivity contribution in [3.63, 3.8) is 0 Å². The molecule has 0 saturated carbocycles. The molecule has 0 spiro atoms. The van der Waals surface area contributed by atoms with Crippen molar-refractivity contribution in [1.82, 2.24) is 0 Å². The molecule has 0 aromatic heterocycles. The monoisotopic (exact) mass is 242 g/mol. The van der Waals surface area contributed by atoms with Crippen LogP contribution in [0.4, 0.5) is 0 Å². The maximum atomic E-state index is 5.68. The predicted octanol–water partition coefficient (Wildman–Crippen LogP) is 2.48. The van der Waals surface area contributed by atoms with Crippen molar-refractivity contribution in [2.45, 2.75) is 34.5 Å². The first kappa shape index (κ1) is 19.8. The largest absolute Gasteiger partial charge is 0.668 e. The van der Waals surface area contributed by atoms with Gasteiger partial charge in [-0.25, -0.2) is 0 Å². The summed E-state index contributed by atoms with van der Waals surface area (Å²) in [6.07, 6.45) is 0. The summed E-state index contributed by atoms with van der Waals surface area (Å²) < 4.78 is 21.0. The van der Waals surface area contributed by atoms with Gasteiger partial charge in [-0.15, -0.1) is 0 Å². The Morgan fingerprint density at radius 3 is 1.07 bits per heavy atom. The standard InChI is InChI=1S/C6H18O4Si2.2CH4/c1-7-12(8-2,9-3)10-11(4,5)6;;/h1-6H3;2*1H4. The highest BCUT2D eigenvalue weighted by Gasteiger charge is 2.45. The fraction of sp³-hybridized carbons (Fsp3) is 1.00. The second kappa shape index (κ2) is 7.55. The lowest BCUT2D eigenvalue weighted by atomic mass is 11.8. The van der Waals surface area contributed by atoms with Crippen molar-refractivity contribution in [1.29, 1.82) is 0 Å². The Morgan fingerprint density at radius 1 is 0.714 bits per heavy atom. The van der Waals surface area contributed by atoms with Gasteiger partial charge in [0.1, 0.15) is 0 Å². The van der Waals surface area contributed by atoms with E-state index in [0.717, 1.165) is 0 Å². The van der Waals surface area contributed by atoms with Crippen molar-refractivity contribution in [2.75, 3.05) is 21.3 Å². The molecule has 0 unspecified atom stereocenters. The molecule has 0 bridgehead atoms. The molecule has 0 aliphatic heterocycles. The zero-order valence-corrected chi connectivity index (χ0v) is 10.6. The maximum Gasteiger partial charge on any atom is 0.668 e. The van der Waals surface area contributed by atoms with E-state index in [9.17, 15) is 0 Å². The number of rotatable bonds is 5. The Hall–Kier alpha value is 0.274. The molecule has 0 amide bonds. The molecule has 0 aliphatic rings. The van der Waals surface area contributed by atoms with Crippen molar-refractivity contribution in [3.05, 3.63) is 0 Å². The minimum atomic E-state index is -2.79. The van der Waals surface area contributed by atoms with Gasteiger partial charge < -0.3 is 17.4 Å². The minimum Gasteiger partial charge on any atom is -0.394 e. The highest BCUT2D eigenvalue weighted by atomic mass is 28.5. The third-order valence-electron chi connectivity index (χ3n) is 1.18. The van der Waals surface area contributed by atoms with Crippen LogP contribution < -0.4 is 0 Å². The van der Waals surface area contributed by atoms with Crippen molar-refractivity contribution in [2.24, 2.45) is 0 Å². The Morgan fingerprint density at radius 2 is 1.00 bits per heavy atom. The minimum absolute atomic E-state index is 0. The van der Waals surface area contributed by atoms with Crippen LogP contribution in [0.5, 0.6) is 0 Å². The quantitative estimate of drug-likeness (QED) is 0.694. The first-order chi connectivity index (χ1) is 5.39. The molecule has 0 atom stereocenters. The Kier molecular flexibility index (Phi) is 10.7. The summed E-state index contributed by atoms with van der Waals surface area (Å²) in [5, 5.41) is 0. The summed E-state index contributed by atoms with van der Waals surface area (Å²) in [5.74, 6) is 0. The molecule has 90 valence electrons. The lowest BCUT2D eigenvalue weighted by Gasteiger charge is -2.29. The Labute approximate surface area is 91.1 Å². The molecule has 0 rings (SSSR count). The Bertz CT molecular complexity index is 124. The van der Waals surface area contributed by atoms with Crippen LogP contribution >= 0.6 is 0 Å². The first-order valence-electron chi connectivity index (χ1n) is 3.75. The number of hydrogen-bond acceptors (Lipinski definition) is 4. The van der Waals surface area contributed by atoms with Gasteiger partial charge >= 0.3 is 9.05 Å². The molecule has 0 aliphatic carbocycles. The maximum absolute atomic E-state index is 5.68. The third-order valence-corrected chi connectivity index (χ3v) is 6.13. The van der Waals surface area contributed by atoms with Crippen LogP contribution in [0.1, 0.15) is 14.9 Å². The van der Waals surface area contributed by atoms with Gasteiger partial charge in [-0.3, -0.25) is 0 Å². The average Bonchev–Trinajstić information content (AvgIpc) is 1.99. The van der Waals surface area contributed by atoms with Gasteiger partial charge in [0.2, 0.25) is 0 Å². The van der Waals surface area contributed by atoms with E-state index in [-0.39, 0.29) is 14.9 Å². The highest BCUT2D eigenvalue weighted by molar-refractivity contribution is 6.77. The second-order valence-corrected chi connectivity index (χ2v) is 10.6. The van der Waals surface area contributed by atoms with Gasteiger partial charge in [0.15, 0.2) is 8.32 Å². The molecule has 6 heteroatoms. The molecule has 0 saturated heterocycles. The van der Waals surface area contributed by atoms with Crippen LogP contribution in [0, 0.1) is 0 Å².